The van der Waals surface area contributed by atoms with Gasteiger partial charge in [0.2, 0.25) is 20.0 Å². The van der Waals surface area contributed by atoms with Gasteiger partial charge in [-0.05, 0) is 48.9 Å². The lowest BCUT2D eigenvalue weighted by molar-refractivity contribution is 0.331. The second kappa shape index (κ2) is 9.69. The Kier molecular flexibility index (Phi) is 7.09. The van der Waals surface area contributed by atoms with Crippen molar-refractivity contribution in [2.24, 2.45) is 0 Å². The zero-order valence-electron chi connectivity index (χ0n) is 18.7. The summed E-state index contributed by atoms with van der Waals surface area (Å²) in [7, 11) is -6.74. The molecule has 0 radical (unpaired) electrons. The normalized spacial score (nSPS) is 22.8. The van der Waals surface area contributed by atoms with Gasteiger partial charge in [-0.25, -0.2) is 25.5 Å². The van der Waals surface area contributed by atoms with E-state index in [-0.39, 0.29) is 12.6 Å². The van der Waals surface area contributed by atoms with Gasteiger partial charge in [0.15, 0.2) is 0 Å². The van der Waals surface area contributed by atoms with Gasteiger partial charge >= 0.3 is 0 Å². The number of sulfonamides is 2. The van der Waals surface area contributed by atoms with E-state index in [0.29, 0.717) is 50.1 Å². The quantitative estimate of drug-likeness (QED) is 0.664. The van der Waals surface area contributed by atoms with Crippen molar-refractivity contribution in [2.75, 3.05) is 31.2 Å². The number of anilines is 1. The lowest BCUT2D eigenvalue weighted by Gasteiger charge is -2.33. The monoisotopic (exact) mass is 495 g/mol. The fourth-order valence-electron chi connectivity index (χ4n) is 4.61. The molecule has 0 spiro atoms. The molecular weight excluding hydrogens is 465 g/mol. The van der Waals surface area contributed by atoms with Crippen molar-refractivity contribution in [3.05, 3.63) is 65.5 Å². The van der Waals surface area contributed by atoms with Crippen LogP contribution in [0.1, 0.15) is 42.1 Å². The first-order chi connectivity index (χ1) is 15.6. The molecule has 2 aromatic carbocycles. The number of piperidine rings is 1. The molecule has 2 aliphatic rings. The Morgan fingerprint density at radius 1 is 1.03 bits per heavy atom. The third kappa shape index (κ3) is 5.56. The molecule has 0 bridgehead atoms. The minimum atomic E-state index is -3.54. The number of hydrogen-bond acceptors (Lipinski definition) is 5. The minimum Gasteiger partial charge on any atom is -0.380 e. The van der Waals surface area contributed by atoms with Crippen molar-refractivity contribution >= 4 is 25.7 Å². The summed E-state index contributed by atoms with van der Waals surface area (Å²) in [6, 6.07) is 14.0. The summed E-state index contributed by atoms with van der Waals surface area (Å²) in [5.74, 6) is -0.438. The fraction of sp³-hybridized carbons (Fsp3) is 0.478. The first kappa shape index (κ1) is 24.1. The lowest BCUT2D eigenvalue weighted by atomic mass is 10.1. The zero-order valence-corrected chi connectivity index (χ0v) is 20.3. The number of benzene rings is 2. The van der Waals surface area contributed by atoms with Crippen molar-refractivity contribution in [3.8, 4) is 0 Å². The highest BCUT2D eigenvalue weighted by molar-refractivity contribution is 7.89. The molecule has 2 aromatic rings. The Bertz CT molecular complexity index is 1180. The number of rotatable bonds is 6. The predicted molar refractivity (Wildman–Crippen MR) is 127 cm³/mol. The highest BCUT2D eigenvalue weighted by atomic mass is 32.2. The Balaban J connectivity index is 1.41. The van der Waals surface area contributed by atoms with E-state index in [1.165, 1.54) is 20.9 Å². The molecule has 2 fully saturated rings. The molecule has 0 saturated carbocycles. The van der Waals surface area contributed by atoms with Crippen LogP contribution >= 0.6 is 0 Å². The molecule has 2 aliphatic heterocycles. The summed E-state index contributed by atoms with van der Waals surface area (Å²) in [4.78, 5) is 0. The Hall–Kier alpha value is -2.01. The molecule has 0 aliphatic carbocycles. The second-order valence-electron chi connectivity index (χ2n) is 8.81. The second-order valence-corrected chi connectivity index (χ2v) is 12.9. The van der Waals surface area contributed by atoms with Gasteiger partial charge in [-0.3, -0.25) is 0 Å². The van der Waals surface area contributed by atoms with Crippen LogP contribution in [-0.2, 0) is 26.6 Å². The number of nitrogens with one attached hydrogen (secondary N) is 1. The summed E-state index contributed by atoms with van der Waals surface area (Å²) < 4.78 is 67.4. The van der Waals surface area contributed by atoms with Crippen LogP contribution < -0.4 is 5.32 Å². The number of nitrogens with zero attached hydrogens (tertiary/aromatic N) is 2. The summed E-state index contributed by atoms with van der Waals surface area (Å²) in [6.07, 6.45) is 3.73. The lowest BCUT2D eigenvalue weighted by Crippen LogP contribution is -2.41. The molecule has 4 rings (SSSR count). The standard InChI is InChI=1S/C23H30FN3O4S2/c1-32(28,29)26-14-11-20(12-15-26)25-22-10-9-18(16-21(22)24)17-27-13-5-8-23(33(27,30)31)19-6-3-2-4-7-19/h2-4,6-7,9-10,16,20,23,25H,5,8,11-15,17H2,1H3. The molecular formula is C23H30FN3O4S2. The molecule has 33 heavy (non-hydrogen) atoms. The van der Waals surface area contributed by atoms with Crippen LogP contribution in [-0.4, -0.2) is 57.4 Å². The van der Waals surface area contributed by atoms with E-state index >= 15 is 0 Å². The number of halogens is 1. The molecule has 1 unspecified atom stereocenters. The van der Waals surface area contributed by atoms with E-state index in [9.17, 15) is 21.2 Å². The Morgan fingerprint density at radius 3 is 2.36 bits per heavy atom. The van der Waals surface area contributed by atoms with Crippen molar-refractivity contribution in [1.29, 1.82) is 0 Å². The smallest absolute Gasteiger partial charge is 0.221 e. The van der Waals surface area contributed by atoms with E-state index in [1.807, 2.05) is 30.3 Å². The van der Waals surface area contributed by atoms with Crippen LogP contribution in [0.25, 0.3) is 0 Å². The molecule has 2 saturated heterocycles. The van der Waals surface area contributed by atoms with Crippen molar-refractivity contribution < 1.29 is 21.2 Å². The van der Waals surface area contributed by atoms with Gasteiger partial charge in [0.25, 0.3) is 0 Å². The molecule has 2 heterocycles. The van der Waals surface area contributed by atoms with Crippen LogP contribution in [0.5, 0.6) is 0 Å². The largest absolute Gasteiger partial charge is 0.380 e. The molecule has 10 heteroatoms. The Labute approximate surface area is 195 Å². The third-order valence-electron chi connectivity index (χ3n) is 6.44. The molecule has 1 N–H and O–H groups in total. The van der Waals surface area contributed by atoms with Gasteiger partial charge in [0.05, 0.1) is 11.9 Å². The Morgan fingerprint density at radius 2 is 1.73 bits per heavy atom. The first-order valence-corrected chi connectivity index (χ1v) is 14.5. The average Bonchev–Trinajstić information content (AvgIpc) is 2.77. The predicted octanol–water partition coefficient (Wildman–Crippen LogP) is 3.33. The van der Waals surface area contributed by atoms with Gasteiger partial charge in [0.1, 0.15) is 11.1 Å². The summed E-state index contributed by atoms with van der Waals surface area (Å²) in [5.41, 5.74) is 1.73. The zero-order chi connectivity index (χ0) is 23.6. The summed E-state index contributed by atoms with van der Waals surface area (Å²) >= 11 is 0. The van der Waals surface area contributed by atoms with Crippen LogP contribution in [0.3, 0.4) is 0 Å². The highest BCUT2D eigenvalue weighted by Crippen LogP contribution is 2.35. The van der Waals surface area contributed by atoms with Crippen LogP contribution in [0.15, 0.2) is 48.5 Å². The maximum Gasteiger partial charge on any atom is 0.221 e. The third-order valence-corrected chi connectivity index (χ3v) is 10.0. The summed E-state index contributed by atoms with van der Waals surface area (Å²) in [5, 5.41) is 2.60. The van der Waals surface area contributed by atoms with Crippen LogP contribution in [0.2, 0.25) is 0 Å². The van der Waals surface area contributed by atoms with E-state index < -0.39 is 31.1 Å². The SMILES string of the molecule is CS(=O)(=O)N1CCC(Nc2ccc(CN3CCCC(c4ccccc4)S3(=O)=O)cc2F)CC1. The van der Waals surface area contributed by atoms with Crippen molar-refractivity contribution in [2.45, 2.75) is 43.5 Å². The van der Waals surface area contributed by atoms with Gasteiger partial charge < -0.3 is 5.32 Å². The van der Waals surface area contributed by atoms with E-state index in [2.05, 4.69) is 5.32 Å². The maximum atomic E-state index is 14.8. The van der Waals surface area contributed by atoms with Crippen molar-refractivity contribution in [1.82, 2.24) is 8.61 Å². The van der Waals surface area contributed by atoms with Gasteiger partial charge in [0, 0.05) is 32.2 Å². The molecule has 7 nitrogen and oxygen atoms in total. The summed E-state index contributed by atoms with van der Waals surface area (Å²) in [6.45, 7) is 1.37. The van der Waals surface area contributed by atoms with Gasteiger partial charge in [-0.15, -0.1) is 0 Å². The number of hydrogen-bond donors (Lipinski definition) is 1. The van der Waals surface area contributed by atoms with Crippen molar-refractivity contribution in [3.63, 3.8) is 0 Å². The fourth-order valence-corrected chi connectivity index (χ4v) is 7.53. The average molecular weight is 496 g/mol. The highest BCUT2D eigenvalue weighted by Gasteiger charge is 2.36. The van der Waals surface area contributed by atoms with E-state index in [0.717, 1.165) is 12.0 Å². The molecule has 0 amide bonds. The van der Waals surface area contributed by atoms with Crippen LogP contribution in [0, 0.1) is 5.82 Å². The molecule has 180 valence electrons. The molecule has 1 atom stereocenters. The maximum absolute atomic E-state index is 14.8. The topological polar surface area (TPSA) is 86.8 Å². The van der Waals surface area contributed by atoms with Crippen LogP contribution in [0.4, 0.5) is 10.1 Å². The van der Waals surface area contributed by atoms with E-state index in [1.54, 1.807) is 12.1 Å². The minimum absolute atomic E-state index is 0.0162. The van der Waals surface area contributed by atoms with E-state index in [4.69, 9.17) is 0 Å². The first-order valence-electron chi connectivity index (χ1n) is 11.2. The molecule has 0 aromatic heterocycles. The van der Waals surface area contributed by atoms with Gasteiger partial charge in [-0.2, -0.15) is 4.31 Å². The van der Waals surface area contributed by atoms with Gasteiger partial charge in [-0.1, -0.05) is 36.4 Å².